The van der Waals surface area contributed by atoms with Gasteiger partial charge in [-0.2, -0.15) is 5.10 Å². The van der Waals surface area contributed by atoms with Gasteiger partial charge in [-0.1, -0.05) is 25.7 Å². The summed E-state index contributed by atoms with van der Waals surface area (Å²) >= 11 is 0. The van der Waals surface area contributed by atoms with Crippen molar-refractivity contribution in [2.75, 3.05) is 6.61 Å². The average molecular weight is 434 g/mol. The predicted molar refractivity (Wildman–Crippen MR) is 115 cm³/mol. The van der Waals surface area contributed by atoms with Crippen LogP contribution in [0.2, 0.25) is 25.7 Å². The highest BCUT2D eigenvalue weighted by atomic mass is 28.3. The Labute approximate surface area is 175 Å². The number of hydrogen-bond acceptors (Lipinski definition) is 6. The molecule has 1 atom stereocenters. The molecule has 2 aromatic heterocycles. The van der Waals surface area contributed by atoms with E-state index in [0.717, 1.165) is 6.04 Å². The van der Waals surface area contributed by atoms with Crippen LogP contribution in [0.3, 0.4) is 0 Å². The predicted octanol–water partition coefficient (Wildman–Crippen LogP) is 4.05. The highest BCUT2D eigenvalue weighted by Crippen LogP contribution is 2.31. The Morgan fingerprint density at radius 1 is 1.50 bits per heavy atom. The van der Waals surface area contributed by atoms with E-state index in [0.29, 0.717) is 24.3 Å². The molecule has 10 nitrogen and oxygen atoms in total. The van der Waals surface area contributed by atoms with Gasteiger partial charge in [0.15, 0.2) is 0 Å². The SMILES string of the molecule is C=CCC(NC(=O)O)c1cc(-c2c([N+](=O)[O-])cnn2COCC[Si](C)(C)C)ccn1. The first kappa shape index (κ1) is 23.2. The lowest BCUT2D eigenvalue weighted by Gasteiger charge is -2.16. The van der Waals surface area contributed by atoms with Crippen molar-refractivity contribution in [1.82, 2.24) is 20.1 Å². The van der Waals surface area contributed by atoms with Crippen LogP contribution in [-0.2, 0) is 11.5 Å². The van der Waals surface area contributed by atoms with E-state index < -0.39 is 25.1 Å². The molecule has 1 amide bonds. The van der Waals surface area contributed by atoms with Gasteiger partial charge in [-0.05, 0) is 24.6 Å². The minimum atomic E-state index is -1.26. The molecule has 0 aliphatic carbocycles. The summed E-state index contributed by atoms with van der Waals surface area (Å²) in [5.74, 6) is 0. The van der Waals surface area contributed by atoms with Crippen LogP contribution in [0, 0.1) is 10.1 Å². The summed E-state index contributed by atoms with van der Waals surface area (Å²) < 4.78 is 7.15. The minimum absolute atomic E-state index is 0.0781. The molecule has 0 saturated heterocycles. The number of pyridine rings is 1. The monoisotopic (exact) mass is 433 g/mol. The standard InChI is InChI=1S/C19H27N5O5Si/c1-5-6-15(22-19(25)26)16-11-14(7-8-20-16)18-17(24(27)28)12-21-23(18)13-29-9-10-30(2,3)4/h5,7-8,11-12,15,22H,1,6,9-10,13H2,2-4H3,(H,25,26). The largest absolute Gasteiger partial charge is 0.465 e. The molecule has 0 aliphatic heterocycles. The van der Waals surface area contributed by atoms with Gasteiger partial charge in [0.25, 0.3) is 0 Å². The van der Waals surface area contributed by atoms with Crippen LogP contribution in [-0.4, -0.2) is 45.6 Å². The molecule has 0 fully saturated rings. The molecule has 11 heteroatoms. The molecule has 2 rings (SSSR count). The molecule has 0 bridgehead atoms. The highest BCUT2D eigenvalue weighted by molar-refractivity contribution is 6.76. The summed E-state index contributed by atoms with van der Waals surface area (Å²) in [5, 5.41) is 27.1. The second-order valence-corrected chi connectivity index (χ2v) is 13.6. The number of rotatable bonds is 11. The van der Waals surface area contributed by atoms with E-state index in [2.05, 4.69) is 41.6 Å². The smallest absolute Gasteiger partial charge is 0.405 e. The zero-order valence-corrected chi connectivity index (χ0v) is 18.4. The lowest BCUT2D eigenvalue weighted by Crippen LogP contribution is -2.27. The van der Waals surface area contributed by atoms with Crippen molar-refractivity contribution in [2.45, 2.75) is 44.9 Å². The molecule has 162 valence electrons. The molecule has 2 aromatic rings. The average Bonchev–Trinajstić information content (AvgIpc) is 3.08. The van der Waals surface area contributed by atoms with Crippen molar-refractivity contribution < 1.29 is 19.6 Å². The van der Waals surface area contributed by atoms with Crippen LogP contribution >= 0.6 is 0 Å². The molecular formula is C19H27N5O5Si. The first-order chi connectivity index (χ1) is 14.1. The maximum absolute atomic E-state index is 11.5. The number of nitrogens with zero attached hydrogens (tertiary/aromatic N) is 4. The van der Waals surface area contributed by atoms with Gasteiger partial charge in [-0.25, -0.2) is 9.48 Å². The van der Waals surface area contributed by atoms with Gasteiger partial charge in [0, 0.05) is 26.4 Å². The number of amides is 1. The molecule has 0 saturated carbocycles. The van der Waals surface area contributed by atoms with Crippen LogP contribution in [0.4, 0.5) is 10.5 Å². The summed E-state index contributed by atoms with van der Waals surface area (Å²) in [7, 11) is -1.26. The Morgan fingerprint density at radius 2 is 2.23 bits per heavy atom. The minimum Gasteiger partial charge on any atom is -0.465 e. The number of nitro groups is 1. The Balaban J connectivity index is 2.35. The quantitative estimate of drug-likeness (QED) is 0.179. The van der Waals surface area contributed by atoms with E-state index >= 15 is 0 Å². The Morgan fingerprint density at radius 3 is 2.83 bits per heavy atom. The van der Waals surface area contributed by atoms with Crippen molar-refractivity contribution in [3.8, 4) is 11.3 Å². The fourth-order valence-electron chi connectivity index (χ4n) is 2.79. The first-order valence-corrected chi connectivity index (χ1v) is 13.2. The van der Waals surface area contributed by atoms with E-state index in [1.165, 1.54) is 17.1 Å². The van der Waals surface area contributed by atoms with Crippen LogP contribution in [0.25, 0.3) is 11.3 Å². The third-order valence-electron chi connectivity index (χ3n) is 4.34. The molecule has 0 radical (unpaired) electrons. The third-order valence-corrected chi connectivity index (χ3v) is 6.04. The Hall–Kier alpha value is -3.05. The van der Waals surface area contributed by atoms with Crippen molar-refractivity contribution in [2.24, 2.45) is 0 Å². The third kappa shape index (κ3) is 6.49. The van der Waals surface area contributed by atoms with Crippen LogP contribution in [0.5, 0.6) is 0 Å². The summed E-state index contributed by atoms with van der Waals surface area (Å²) in [5.41, 5.74) is 1.05. The number of nitrogens with one attached hydrogen (secondary N) is 1. The van der Waals surface area contributed by atoms with Crippen LogP contribution in [0.15, 0.2) is 37.2 Å². The second kappa shape index (κ2) is 10.1. The van der Waals surface area contributed by atoms with Crippen molar-refractivity contribution in [1.29, 1.82) is 0 Å². The lowest BCUT2D eigenvalue weighted by atomic mass is 10.1. The van der Waals surface area contributed by atoms with Crippen molar-refractivity contribution >= 4 is 19.9 Å². The van der Waals surface area contributed by atoms with Gasteiger partial charge in [0.1, 0.15) is 18.6 Å². The molecular weight excluding hydrogens is 406 g/mol. The number of carboxylic acid groups (broad SMARTS) is 1. The maximum atomic E-state index is 11.5. The van der Waals surface area contributed by atoms with Gasteiger partial charge in [-0.3, -0.25) is 15.1 Å². The number of ether oxygens (including phenoxy) is 1. The fourth-order valence-corrected chi connectivity index (χ4v) is 3.55. The molecule has 30 heavy (non-hydrogen) atoms. The number of hydrogen-bond donors (Lipinski definition) is 2. The second-order valence-electron chi connectivity index (χ2n) is 7.98. The van der Waals surface area contributed by atoms with Gasteiger partial charge in [-0.15, -0.1) is 6.58 Å². The normalized spacial score (nSPS) is 12.4. The lowest BCUT2D eigenvalue weighted by molar-refractivity contribution is -0.384. The Kier molecular flexibility index (Phi) is 7.84. The summed E-state index contributed by atoms with van der Waals surface area (Å²) in [6, 6.07) is 3.59. The highest BCUT2D eigenvalue weighted by Gasteiger charge is 2.24. The number of aromatic nitrogens is 3. The van der Waals surface area contributed by atoms with Crippen LogP contribution in [0.1, 0.15) is 18.2 Å². The molecule has 2 N–H and O–H groups in total. The number of carbonyl (C=O) groups is 1. The molecule has 0 aliphatic rings. The zero-order chi connectivity index (χ0) is 22.3. The van der Waals surface area contributed by atoms with Gasteiger partial charge < -0.3 is 15.2 Å². The molecule has 1 unspecified atom stereocenters. The first-order valence-electron chi connectivity index (χ1n) is 9.47. The molecule has 0 aromatic carbocycles. The Bertz CT molecular complexity index is 909. The summed E-state index contributed by atoms with van der Waals surface area (Å²) in [4.78, 5) is 26.4. The van der Waals surface area contributed by atoms with Gasteiger partial charge >= 0.3 is 11.8 Å². The molecule has 2 heterocycles. The van der Waals surface area contributed by atoms with Gasteiger partial charge in [0.05, 0.1) is 16.7 Å². The van der Waals surface area contributed by atoms with E-state index in [1.54, 1.807) is 18.2 Å². The summed E-state index contributed by atoms with van der Waals surface area (Å²) in [6.45, 7) is 11.0. The summed E-state index contributed by atoms with van der Waals surface area (Å²) in [6.07, 6.45) is 3.38. The fraction of sp³-hybridized carbons (Fsp3) is 0.421. The van der Waals surface area contributed by atoms with Crippen molar-refractivity contribution in [3.63, 3.8) is 0 Å². The van der Waals surface area contributed by atoms with Crippen molar-refractivity contribution in [3.05, 3.63) is 53.0 Å². The topological polar surface area (TPSA) is 132 Å². The van der Waals surface area contributed by atoms with E-state index in [-0.39, 0.29) is 18.1 Å². The van der Waals surface area contributed by atoms with Gasteiger partial charge in [0.2, 0.25) is 0 Å². The van der Waals surface area contributed by atoms with E-state index in [4.69, 9.17) is 9.84 Å². The zero-order valence-electron chi connectivity index (χ0n) is 17.4. The van der Waals surface area contributed by atoms with Crippen LogP contribution < -0.4 is 5.32 Å². The van der Waals surface area contributed by atoms with E-state index in [9.17, 15) is 14.9 Å². The van der Waals surface area contributed by atoms with E-state index in [1.807, 2.05) is 0 Å². The maximum Gasteiger partial charge on any atom is 0.405 e. The molecule has 0 spiro atoms.